The molecule has 0 aliphatic carbocycles. The van der Waals surface area contributed by atoms with Crippen LogP contribution in [0.3, 0.4) is 0 Å². The first-order chi connectivity index (χ1) is 8.31. The van der Waals surface area contributed by atoms with E-state index < -0.39 is 5.76 Å². The molecule has 0 saturated carbocycles. The Bertz CT molecular complexity index is 566. The molecule has 0 amide bonds. The van der Waals surface area contributed by atoms with Crippen molar-refractivity contribution in [2.45, 2.75) is 12.5 Å². The smallest absolute Gasteiger partial charge is 0.408 e. The fraction of sp³-hybridized carbons (Fsp3) is 0.417. The van der Waals surface area contributed by atoms with Crippen molar-refractivity contribution in [3.63, 3.8) is 0 Å². The average molecular weight is 233 g/mol. The number of piperazine rings is 1. The number of aromatic amines is 1. The molecule has 1 aromatic heterocycles. The summed E-state index contributed by atoms with van der Waals surface area (Å²) >= 11 is 0. The molecule has 3 N–H and O–H groups in total. The summed E-state index contributed by atoms with van der Waals surface area (Å²) in [5, 5.41) is 6.81. The van der Waals surface area contributed by atoms with E-state index in [2.05, 4.69) is 15.6 Å². The lowest BCUT2D eigenvalue weighted by atomic mass is 10.0. The maximum absolute atomic E-state index is 11.0. The van der Waals surface area contributed by atoms with Gasteiger partial charge in [0, 0.05) is 25.7 Å². The zero-order chi connectivity index (χ0) is 11.7. The summed E-state index contributed by atoms with van der Waals surface area (Å²) in [5.74, 6) is -0.394. The number of aromatic nitrogens is 1. The molecule has 1 unspecified atom stereocenters. The van der Waals surface area contributed by atoms with Crippen molar-refractivity contribution in [1.82, 2.24) is 15.6 Å². The number of H-pyrrole nitrogens is 1. The van der Waals surface area contributed by atoms with Gasteiger partial charge in [-0.2, -0.15) is 0 Å². The van der Waals surface area contributed by atoms with Gasteiger partial charge in [-0.1, -0.05) is 6.07 Å². The quantitative estimate of drug-likeness (QED) is 0.694. The van der Waals surface area contributed by atoms with Crippen LogP contribution in [0.5, 0.6) is 0 Å². The third kappa shape index (κ3) is 2.25. The Hall–Kier alpha value is -1.59. The molecule has 5 nitrogen and oxygen atoms in total. The number of benzene rings is 1. The molecule has 1 aliphatic rings. The van der Waals surface area contributed by atoms with E-state index in [0.717, 1.165) is 31.6 Å². The van der Waals surface area contributed by atoms with Gasteiger partial charge in [0.25, 0.3) is 0 Å². The van der Waals surface area contributed by atoms with Crippen molar-refractivity contribution >= 4 is 11.1 Å². The van der Waals surface area contributed by atoms with Crippen LogP contribution in [0.1, 0.15) is 5.56 Å². The van der Waals surface area contributed by atoms with Crippen LogP contribution in [0.25, 0.3) is 11.1 Å². The van der Waals surface area contributed by atoms with Gasteiger partial charge in [0.1, 0.15) is 0 Å². The molecule has 1 fully saturated rings. The second-order valence-corrected chi connectivity index (χ2v) is 4.40. The van der Waals surface area contributed by atoms with E-state index in [4.69, 9.17) is 4.42 Å². The molecule has 3 rings (SSSR count). The highest BCUT2D eigenvalue weighted by atomic mass is 16.4. The average Bonchev–Trinajstić information content (AvgIpc) is 2.70. The second kappa shape index (κ2) is 4.35. The number of nitrogens with one attached hydrogen (secondary N) is 3. The molecule has 2 aromatic rings. The minimum Gasteiger partial charge on any atom is -0.408 e. The number of oxazole rings is 1. The van der Waals surface area contributed by atoms with Crippen LogP contribution in [-0.4, -0.2) is 30.7 Å². The number of rotatable bonds is 2. The summed E-state index contributed by atoms with van der Waals surface area (Å²) in [6, 6.07) is 6.31. The zero-order valence-electron chi connectivity index (χ0n) is 9.45. The first-order valence-electron chi connectivity index (χ1n) is 5.87. The predicted octanol–water partition coefficient (Wildman–Crippen LogP) is 0.225. The first kappa shape index (κ1) is 10.6. The molecule has 90 valence electrons. The molecule has 0 spiro atoms. The fourth-order valence-electron chi connectivity index (χ4n) is 2.26. The van der Waals surface area contributed by atoms with E-state index >= 15 is 0 Å². The number of hydrogen-bond donors (Lipinski definition) is 3. The standard InChI is InChI=1S/C12H15N3O2/c16-12-15-10-2-1-8(6-11(10)17-12)5-9-7-13-3-4-14-9/h1-2,6,9,13-14H,3-5,7H2,(H,15,16). The lowest BCUT2D eigenvalue weighted by Gasteiger charge is -2.24. The maximum Gasteiger partial charge on any atom is 0.417 e. The van der Waals surface area contributed by atoms with Gasteiger partial charge >= 0.3 is 5.76 Å². The molecular formula is C12H15N3O2. The Morgan fingerprint density at radius 3 is 3.12 bits per heavy atom. The minimum atomic E-state index is -0.394. The van der Waals surface area contributed by atoms with Gasteiger partial charge in [-0.25, -0.2) is 4.79 Å². The number of hydrogen-bond acceptors (Lipinski definition) is 4. The summed E-state index contributed by atoms with van der Waals surface area (Å²) in [5.41, 5.74) is 2.58. The highest BCUT2D eigenvalue weighted by Crippen LogP contribution is 2.13. The Labute approximate surface area is 98.2 Å². The Balaban J connectivity index is 1.82. The molecule has 1 atom stereocenters. The topological polar surface area (TPSA) is 70.1 Å². The van der Waals surface area contributed by atoms with Crippen LogP contribution >= 0.6 is 0 Å². The van der Waals surface area contributed by atoms with E-state index in [9.17, 15) is 4.79 Å². The predicted molar refractivity (Wildman–Crippen MR) is 65.2 cm³/mol. The molecule has 1 aromatic carbocycles. The van der Waals surface area contributed by atoms with Crippen molar-refractivity contribution in [1.29, 1.82) is 0 Å². The van der Waals surface area contributed by atoms with Crippen molar-refractivity contribution in [2.75, 3.05) is 19.6 Å². The summed E-state index contributed by atoms with van der Waals surface area (Å²) in [4.78, 5) is 13.7. The van der Waals surface area contributed by atoms with Crippen LogP contribution in [-0.2, 0) is 6.42 Å². The molecule has 2 heterocycles. The Kier molecular flexibility index (Phi) is 2.70. The van der Waals surface area contributed by atoms with E-state index in [-0.39, 0.29) is 0 Å². The van der Waals surface area contributed by atoms with Crippen LogP contribution in [0.4, 0.5) is 0 Å². The third-order valence-electron chi connectivity index (χ3n) is 3.09. The normalized spacial score (nSPS) is 20.8. The van der Waals surface area contributed by atoms with E-state index in [1.807, 2.05) is 18.2 Å². The summed E-state index contributed by atoms with van der Waals surface area (Å²) in [6.45, 7) is 3.02. The first-order valence-corrected chi connectivity index (χ1v) is 5.87. The van der Waals surface area contributed by atoms with Gasteiger partial charge in [0.15, 0.2) is 5.58 Å². The molecule has 1 aliphatic heterocycles. The fourth-order valence-corrected chi connectivity index (χ4v) is 2.26. The van der Waals surface area contributed by atoms with Crippen LogP contribution in [0.15, 0.2) is 27.4 Å². The largest absolute Gasteiger partial charge is 0.417 e. The molecular weight excluding hydrogens is 218 g/mol. The Morgan fingerprint density at radius 1 is 1.35 bits per heavy atom. The van der Waals surface area contributed by atoms with Crippen molar-refractivity contribution in [2.24, 2.45) is 0 Å². The van der Waals surface area contributed by atoms with Gasteiger partial charge < -0.3 is 15.1 Å². The second-order valence-electron chi connectivity index (χ2n) is 4.40. The Morgan fingerprint density at radius 2 is 2.29 bits per heavy atom. The van der Waals surface area contributed by atoms with Crippen molar-refractivity contribution in [3.8, 4) is 0 Å². The van der Waals surface area contributed by atoms with Gasteiger partial charge in [0.05, 0.1) is 5.52 Å². The van der Waals surface area contributed by atoms with Gasteiger partial charge in [-0.05, 0) is 24.1 Å². The molecule has 17 heavy (non-hydrogen) atoms. The monoisotopic (exact) mass is 233 g/mol. The SMILES string of the molecule is O=c1[nH]c2ccc(CC3CNCCN3)cc2o1. The van der Waals surface area contributed by atoms with Gasteiger partial charge in [-0.15, -0.1) is 0 Å². The summed E-state index contributed by atoms with van der Waals surface area (Å²) in [6.07, 6.45) is 0.942. The van der Waals surface area contributed by atoms with Crippen molar-refractivity contribution < 1.29 is 4.42 Å². The lowest BCUT2D eigenvalue weighted by Crippen LogP contribution is -2.49. The van der Waals surface area contributed by atoms with Gasteiger partial charge in [-0.3, -0.25) is 4.98 Å². The van der Waals surface area contributed by atoms with E-state index in [0.29, 0.717) is 11.6 Å². The van der Waals surface area contributed by atoms with Crippen molar-refractivity contribution in [3.05, 3.63) is 34.3 Å². The molecule has 0 bridgehead atoms. The van der Waals surface area contributed by atoms with E-state index in [1.54, 1.807) is 0 Å². The van der Waals surface area contributed by atoms with Gasteiger partial charge in [0.2, 0.25) is 0 Å². The van der Waals surface area contributed by atoms with E-state index in [1.165, 1.54) is 5.56 Å². The third-order valence-corrected chi connectivity index (χ3v) is 3.09. The molecule has 1 saturated heterocycles. The highest BCUT2D eigenvalue weighted by molar-refractivity contribution is 5.72. The van der Waals surface area contributed by atoms with Crippen LogP contribution < -0.4 is 16.4 Å². The number of fused-ring (bicyclic) bond motifs is 1. The summed E-state index contributed by atoms with van der Waals surface area (Å²) < 4.78 is 5.05. The summed E-state index contributed by atoms with van der Waals surface area (Å²) in [7, 11) is 0. The highest BCUT2D eigenvalue weighted by Gasteiger charge is 2.13. The van der Waals surface area contributed by atoms with Crippen LogP contribution in [0, 0.1) is 0 Å². The molecule has 5 heteroatoms. The maximum atomic E-state index is 11.0. The lowest BCUT2D eigenvalue weighted by molar-refractivity contribution is 0.416. The van der Waals surface area contributed by atoms with Crippen LogP contribution in [0.2, 0.25) is 0 Å². The minimum absolute atomic E-state index is 0.394. The molecule has 0 radical (unpaired) electrons. The zero-order valence-corrected chi connectivity index (χ0v) is 9.45.